The van der Waals surface area contributed by atoms with E-state index in [-0.39, 0.29) is 6.10 Å². The summed E-state index contributed by atoms with van der Waals surface area (Å²) in [5.41, 5.74) is 1.14. The summed E-state index contributed by atoms with van der Waals surface area (Å²) in [6, 6.07) is 11.5. The van der Waals surface area contributed by atoms with E-state index in [9.17, 15) is 5.11 Å². The third-order valence-electron chi connectivity index (χ3n) is 2.94. The van der Waals surface area contributed by atoms with Crippen molar-refractivity contribution < 1.29 is 9.84 Å². The minimum absolute atomic E-state index is 0.0884. The molecule has 2 heteroatoms. The van der Waals surface area contributed by atoms with Gasteiger partial charge in [-0.15, -0.1) is 0 Å². The summed E-state index contributed by atoms with van der Waals surface area (Å²) in [6.07, 6.45) is 1.01. The highest BCUT2D eigenvalue weighted by atomic mass is 16.5. The number of aromatic hydroxyl groups is 1. The summed E-state index contributed by atoms with van der Waals surface area (Å²) in [7, 11) is 1.72. The molecule has 0 aliphatic heterocycles. The Labute approximate surface area is 95.5 Å². The lowest BCUT2D eigenvalue weighted by Crippen LogP contribution is -2.00. The standard InChI is InChI=1S/C14H16O2/c1-3-14(16-2)12-8-9-13(15)11-7-5-4-6-10(11)12/h4-9,14-15H,3H2,1-2H3/t14-/m1/s1. The van der Waals surface area contributed by atoms with E-state index in [0.29, 0.717) is 5.75 Å². The summed E-state index contributed by atoms with van der Waals surface area (Å²) in [6.45, 7) is 2.09. The predicted octanol–water partition coefficient (Wildman–Crippen LogP) is 3.64. The third kappa shape index (κ3) is 1.76. The first kappa shape index (κ1) is 11.0. The number of ether oxygens (including phenoxy) is 1. The number of fused-ring (bicyclic) bond motifs is 1. The van der Waals surface area contributed by atoms with Crippen molar-refractivity contribution in [1.82, 2.24) is 0 Å². The maximum atomic E-state index is 9.78. The van der Waals surface area contributed by atoms with Gasteiger partial charge in [0.25, 0.3) is 0 Å². The highest BCUT2D eigenvalue weighted by Gasteiger charge is 2.12. The van der Waals surface area contributed by atoms with Gasteiger partial charge in [0.15, 0.2) is 0 Å². The fourth-order valence-corrected chi connectivity index (χ4v) is 2.10. The van der Waals surface area contributed by atoms with E-state index in [1.165, 1.54) is 0 Å². The Kier molecular flexibility index (Phi) is 3.11. The molecule has 0 fully saturated rings. The zero-order valence-electron chi connectivity index (χ0n) is 9.60. The van der Waals surface area contributed by atoms with E-state index in [1.54, 1.807) is 13.2 Å². The fourth-order valence-electron chi connectivity index (χ4n) is 2.10. The number of methoxy groups -OCH3 is 1. The molecular weight excluding hydrogens is 200 g/mol. The lowest BCUT2D eigenvalue weighted by molar-refractivity contribution is 0.101. The molecule has 0 aromatic heterocycles. The van der Waals surface area contributed by atoms with Gasteiger partial charge >= 0.3 is 0 Å². The molecule has 2 aromatic rings. The topological polar surface area (TPSA) is 29.5 Å². The van der Waals surface area contributed by atoms with Gasteiger partial charge in [-0.3, -0.25) is 0 Å². The Morgan fingerprint density at radius 3 is 2.44 bits per heavy atom. The summed E-state index contributed by atoms with van der Waals surface area (Å²) in [4.78, 5) is 0. The van der Waals surface area contributed by atoms with Gasteiger partial charge in [0.05, 0.1) is 6.10 Å². The molecule has 2 rings (SSSR count). The van der Waals surface area contributed by atoms with Crippen LogP contribution < -0.4 is 0 Å². The SMILES string of the molecule is CC[C@@H](OC)c1ccc(O)c2ccccc12. The molecule has 2 nitrogen and oxygen atoms in total. The summed E-state index contributed by atoms with van der Waals surface area (Å²) >= 11 is 0. The van der Waals surface area contributed by atoms with Crippen molar-refractivity contribution in [3.63, 3.8) is 0 Å². The lowest BCUT2D eigenvalue weighted by atomic mass is 9.98. The lowest BCUT2D eigenvalue weighted by Gasteiger charge is -2.16. The second kappa shape index (κ2) is 4.54. The monoisotopic (exact) mass is 216 g/mol. The second-order valence-electron chi connectivity index (χ2n) is 3.85. The molecule has 0 amide bonds. The Bertz CT molecular complexity index is 487. The average Bonchev–Trinajstić information content (AvgIpc) is 2.34. The third-order valence-corrected chi connectivity index (χ3v) is 2.94. The molecule has 0 saturated carbocycles. The van der Waals surface area contributed by atoms with Gasteiger partial charge in [-0.25, -0.2) is 0 Å². The highest BCUT2D eigenvalue weighted by molar-refractivity contribution is 5.91. The molecule has 1 N–H and O–H groups in total. The van der Waals surface area contributed by atoms with Crippen LogP contribution in [0.15, 0.2) is 36.4 Å². The highest BCUT2D eigenvalue weighted by Crippen LogP contribution is 2.32. The van der Waals surface area contributed by atoms with Gasteiger partial charge in [-0.05, 0) is 23.4 Å². The number of phenols is 1. The molecule has 0 saturated heterocycles. The van der Waals surface area contributed by atoms with Gasteiger partial charge in [0, 0.05) is 12.5 Å². The summed E-state index contributed by atoms with van der Waals surface area (Å²) in [5.74, 6) is 0.324. The van der Waals surface area contributed by atoms with Crippen LogP contribution in [-0.2, 0) is 4.74 Å². The van der Waals surface area contributed by atoms with Crippen molar-refractivity contribution in [3.8, 4) is 5.75 Å². The van der Waals surface area contributed by atoms with Crippen molar-refractivity contribution in [2.75, 3.05) is 7.11 Å². The van der Waals surface area contributed by atoms with Crippen LogP contribution >= 0.6 is 0 Å². The summed E-state index contributed by atoms with van der Waals surface area (Å²) < 4.78 is 5.45. The maximum Gasteiger partial charge on any atom is 0.123 e. The molecule has 0 aliphatic rings. The van der Waals surface area contributed by atoms with Crippen molar-refractivity contribution in [2.45, 2.75) is 19.4 Å². The van der Waals surface area contributed by atoms with E-state index >= 15 is 0 Å². The van der Waals surface area contributed by atoms with Crippen LogP contribution in [0, 0.1) is 0 Å². The first-order valence-corrected chi connectivity index (χ1v) is 5.51. The van der Waals surface area contributed by atoms with Gasteiger partial charge < -0.3 is 9.84 Å². The maximum absolute atomic E-state index is 9.78. The Morgan fingerprint density at radius 2 is 1.81 bits per heavy atom. The number of phenolic OH excluding ortho intramolecular Hbond substituents is 1. The fraction of sp³-hybridized carbons (Fsp3) is 0.286. The molecule has 0 spiro atoms. The average molecular weight is 216 g/mol. The Balaban J connectivity index is 2.66. The van der Waals surface area contributed by atoms with Crippen LogP contribution in [-0.4, -0.2) is 12.2 Å². The molecule has 1 atom stereocenters. The van der Waals surface area contributed by atoms with Gasteiger partial charge in [0.2, 0.25) is 0 Å². The van der Waals surface area contributed by atoms with E-state index in [2.05, 4.69) is 6.92 Å². The minimum Gasteiger partial charge on any atom is -0.507 e. The minimum atomic E-state index is 0.0884. The first-order valence-electron chi connectivity index (χ1n) is 5.51. The number of rotatable bonds is 3. The van der Waals surface area contributed by atoms with Crippen LogP contribution in [0.25, 0.3) is 10.8 Å². The molecule has 0 radical (unpaired) electrons. The Morgan fingerprint density at radius 1 is 1.12 bits per heavy atom. The first-order chi connectivity index (χ1) is 7.77. The van der Waals surface area contributed by atoms with Gasteiger partial charge in [-0.1, -0.05) is 37.3 Å². The van der Waals surface area contributed by atoms with Crippen molar-refractivity contribution in [1.29, 1.82) is 0 Å². The summed E-state index contributed by atoms with van der Waals surface area (Å²) in [5, 5.41) is 11.7. The molecule has 2 aromatic carbocycles. The van der Waals surface area contributed by atoms with Gasteiger partial charge in [-0.2, -0.15) is 0 Å². The van der Waals surface area contributed by atoms with Crippen molar-refractivity contribution in [2.24, 2.45) is 0 Å². The normalized spacial score (nSPS) is 12.9. The second-order valence-corrected chi connectivity index (χ2v) is 3.85. The van der Waals surface area contributed by atoms with E-state index in [1.807, 2.05) is 30.3 Å². The molecule has 0 aliphatic carbocycles. The van der Waals surface area contributed by atoms with E-state index in [0.717, 1.165) is 22.8 Å². The van der Waals surface area contributed by atoms with Crippen LogP contribution in [0.5, 0.6) is 5.75 Å². The zero-order chi connectivity index (χ0) is 11.5. The molecule has 84 valence electrons. The van der Waals surface area contributed by atoms with E-state index in [4.69, 9.17) is 4.74 Å². The smallest absolute Gasteiger partial charge is 0.123 e. The quantitative estimate of drug-likeness (QED) is 0.848. The molecule has 0 unspecified atom stereocenters. The van der Waals surface area contributed by atoms with E-state index < -0.39 is 0 Å². The number of benzene rings is 2. The molecule has 0 heterocycles. The largest absolute Gasteiger partial charge is 0.507 e. The molecule has 0 bridgehead atoms. The number of hydrogen-bond donors (Lipinski definition) is 1. The zero-order valence-corrected chi connectivity index (χ0v) is 9.60. The van der Waals surface area contributed by atoms with Crippen molar-refractivity contribution >= 4 is 10.8 Å². The predicted molar refractivity (Wildman–Crippen MR) is 65.7 cm³/mol. The van der Waals surface area contributed by atoms with Crippen molar-refractivity contribution in [3.05, 3.63) is 42.0 Å². The van der Waals surface area contributed by atoms with Crippen LogP contribution in [0.4, 0.5) is 0 Å². The Hall–Kier alpha value is -1.54. The molecular formula is C14H16O2. The molecule has 16 heavy (non-hydrogen) atoms. The van der Waals surface area contributed by atoms with Crippen LogP contribution in [0.3, 0.4) is 0 Å². The van der Waals surface area contributed by atoms with Gasteiger partial charge in [0.1, 0.15) is 5.75 Å². The van der Waals surface area contributed by atoms with Crippen LogP contribution in [0.2, 0.25) is 0 Å². The van der Waals surface area contributed by atoms with Crippen LogP contribution in [0.1, 0.15) is 25.0 Å². The number of hydrogen-bond acceptors (Lipinski definition) is 2.